The number of benzene rings is 2. The predicted molar refractivity (Wildman–Crippen MR) is 130 cm³/mol. The first-order chi connectivity index (χ1) is 16.6. The summed E-state index contributed by atoms with van der Waals surface area (Å²) in [5, 5.41) is 16.9. The number of aromatic nitrogens is 5. The van der Waals surface area contributed by atoms with Crippen LogP contribution in [0.4, 0.5) is 5.82 Å². The van der Waals surface area contributed by atoms with Crippen molar-refractivity contribution >= 4 is 22.7 Å². The number of esters is 1. The minimum absolute atomic E-state index is 0.147. The summed E-state index contributed by atoms with van der Waals surface area (Å²) in [6.45, 7) is 5.51. The van der Waals surface area contributed by atoms with E-state index in [-0.39, 0.29) is 5.97 Å². The molecule has 1 unspecified atom stereocenters. The molecule has 4 aromatic rings. The number of hydrogen-bond donors (Lipinski definition) is 1. The van der Waals surface area contributed by atoms with E-state index in [2.05, 4.69) is 37.4 Å². The highest BCUT2D eigenvalue weighted by Crippen LogP contribution is 2.37. The Morgan fingerprint density at radius 2 is 2.06 bits per heavy atom. The molecule has 0 amide bonds. The lowest BCUT2D eigenvalue weighted by Gasteiger charge is -2.41. The molecule has 34 heavy (non-hydrogen) atoms. The predicted octanol–water partition coefficient (Wildman–Crippen LogP) is 4.12. The summed E-state index contributed by atoms with van der Waals surface area (Å²) >= 11 is 0. The van der Waals surface area contributed by atoms with E-state index in [0.29, 0.717) is 25.4 Å². The maximum Gasteiger partial charge on any atom is 0.314 e. The number of aryl methyl sites for hydroxylation is 1. The quantitative estimate of drug-likeness (QED) is 0.436. The third kappa shape index (κ3) is 4.23. The third-order valence-corrected chi connectivity index (χ3v) is 6.55. The van der Waals surface area contributed by atoms with Crippen LogP contribution < -0.4 is 4.90 Å². The minimum Gasteiger partial charge on any atom is -0.466 e. The SMILES string of the molecule is CCOC(=O)C1(Cc2ccccc2)CCCN(c2cnnc(-c3ccc4[nH]nc(C)c4c3)n2)C1. The van der Waals surface area contributed by atoms with Gasteiger partial charge in [0.15, 0.2) is 11.6 Å². The number of aromatic amines is 1. The van der Waals surface area contributed by atoms with E-state index in [9.17, 15) is 4.79 Å². The maximum atomic E-state index is 13.2. The van der Waals surface area contributed by atoms with Crippen LogP contribution in [0.2, 0.25) is 0 Å². The molecule has 0 bridgehead atoms. The largest absolute Gasteiger partial charge is 0.466 e. The van der Waals surface area contributed by atoms with E-state index >= 15 is 0 Å². The minimum atomic E-state index is -0.631. The molecule has 8 heteroatoms. The van der Waals surface area contributed by atoms with Crippen molar-refractivity contribution in [2.45, 2.75) is 33.1 Å². The highest BCUT2D eigenvalue weighted by Gasteiger charge is 2.44. The van der Waals surface area contributed by atoms with Gasteiger partial charge >= 0.3 is 5.97 Å². The van der Waals surface area contributed by atoms with Crippen molar-refractivity contribution in [2.24, 2.45) is 5.41 Å². The van der Waals surface area contributed by atoms with Gasteiger partial charge in [-0.3, -0.25) is 9.89 Å². The lowest BCUT2D eigenvalue weighted by molar-refractivity contribution is -0.156. The molecule has 3 heterocycles. The molecule has 1 N–H and O–H groups in total. The summed E-state index contributed by atoms with van der Waals surface area (Å²) in [5.74, 6) is 1.12. The van der Waals surface area contributed by atoms with Crippen molar-refractivity contribution in [1.82, 2.24) is 25.4 Å². The second kappa shape index (κ2) is 9.21. The van der Waals surface area contributed by atoms with E-state index in [4.69, 9.17) is 9.72 Å². The van der Waals surface area contributed by atoms with Gasteiger partial charge in [0.1, 0.15) is 0 Å². The summed E-state index contributed by atoms with van der Waals surface area (Å²) in [6, 6.07) is 16.1. The number of fused-ring (bicyclic) bond motifs is 1. The molecule has 0 radical (unpaired) electrons. The molecule has 2 aromatic carbocycles. The standard InChI is InChI=1S/C26H28N6O2/c1-3-34-25(33)26(15-19-8-5-4-6-9-19)12-7-13-32(17-26)23-16-27-31-24(28-23)20-10-11-22-21(14-20)18(2)29-30-22/h4-6,8-11,14,16H,3,7,12-13,15,17H2,1-2H3,(H,29,30). The number of rotatable bonds is 6. The molecule has 1 fully saturated rings. The summed E-state index contributed by atoms with van der Waals surface area (Å²) in [7, 11) is 0. The smallest absolute Gasteiger partial charge is 0.314 e. The number of carbonyl (C=O) groups excluding carboxylic acids is 1. The van der Waals surface area contributed by atoms with Crippen molar-refractivity contribution in [3.8, 4) is 11.4 Å². The van der Waals surface area contributed by atoms with Crippen molar-refractivity contribution < 1.29 is 9.53 Å². The Morgan fingerprint density at radius 3 is 2.88 bits per heavy atom. The van der Waals surface area contributed by atoms with Gasteiger partial charge in [-0.15, -0.1) is 5.10 Å². The maximum absolute atomic E-state index is 13.2. The van der Waals surface area contributed by atoms with E-state index in [0.717, 1.165) is 52.9 Å². The number of anilines is 1. The third-order valence-electron chi connectivity index (χ3n) is 6.55. The second-order valence-electron chi connectivity index (χ2n) is 8.90. The Kier molecular flexibility index (Phi) is 5.96. The van der Waals surface area contributed by atoms with Crippen molar-refractivity contribution in [3.63, 3.8) is 0 Å². The molecular formula is C26H28N6O2. The van der Waals surface area contributed by atoms with Crippen LogP contribution in [-0.4, -0.2) is 51.0 Å². The average molecular weight is 457 g/mol. The van der Waals surface area contributed by atoms with E-state index in [1.165, 1.54) is 0 Å². The van der Waals surface area contributed by atoms with E-state index in [1.807, 2.05) is 50.2 Å². The first-order valence-corrected chi connectivity index (χ1v) is 11.7. The molecule has 174 valence electrons. The molecule has 8 nitrogen and oxygen atoms in total. The van der Waals surface area contributed by atoms with Crippen LogP contribution in [0.25, 0.3) is 22.3 Å². The van der Waals surface area contributed by atoms with Crippen LogP contribution in [0.1, 0.15) is 31.0 Å². The van der Waals surface area contributed by atoms with Crippen molar-refractivity contribution in [3.05, 3.63) is 66.0 Å². The Balaban J connectivity index is 1.46. The summed E-state index contributed by atoms with van der Waals surface area (Å²) in [6.07, 6.45) is 3.95. The van der Waals surface area contributed by atoms with Gasteiger partial charge in [0.05, 0.1) is 29.4 Å². The van der Waals surface area contributed by atoms with Crippen LogP contribution in [0.3, 0.4) is 0 Å². The second-order valence-corrected chi connectivity index (χ2v) is 8.90. The summed E-state index contributed by atoms with van der Waals surface area (Å²) < 4.78 is 5.56. The molecule has 2 aromatic heterocycles. The number of nitrogens with zero attached hydrogens (tertiary/aromatic N) is 5. The zero-order chi connectivity index (χ0) is 23.5. The monoisotopic (exact) mass is 456 g/mol. The van der Waals surface area contributed by atoms with Crippen LogP contribution in [0, 0.1) is 12.3 Å². The van der Waals surface area contributed by atoms with Gasteiger partial charge in [-0.05, 0) is 56.9 Å². The number of hydrogen-bond acceptors (Lipinski definition) is 7. The number of nitrogens with one attached hydrogen (secondary N) is 1. The highest BCUT2D eigenvalue weighted by atomic mass is 16.5. The van der Waals surface area contributed by atoms with Gasteiger partial charge < -0.3 is 9.64 Å². The normalized spacial score (nSPS) is 18.2. The summed E-state index contributed by atoms with van der Waals surface area (Å²) in [4.78, 5) is 20.2. The fourth-order valence-corrected chi connectivity index (χ4v) is 4.84. The van der Waals surface area contributed by atoms with Crippen LogP contribution in [0.15, 0.2) is 54.7 Å². The first-order valence-electron chi connectivity index (χ1n) is 11.7. The number of carbonyl (C=O) groups is 1. The molecule has 1 aliphatic heterocycles. The molecular weight excluding hydrogens is 428 g/mol. The van der Waals surface area contributed by atoms with E-state index < -0.39 is 5.41 Å². The average Bonchev–Trinajstić information content (AvgIpc) is 3.25. The molecule has 0 spiro atoms. The Morgan fingerprint density at radius 1 is 1.21 bits per heavy atom. The van der Waals surface area contributed by atoms with Gasteiger partial charge in [0.25, 0.3) is 0 Å². The molecule has 1 aliphatic rings. The van der Waals surface area contributed by atoms with Crippen LogP contribution in [-0.2, 0) is 16.0 Å². The zero-order valence-corrected chi connectivity index (χ0v) is 19.5. The van der Waals surface area contributed by atoms with Crippen LogP contribution >= 0.6 is 0 Å². The zero-order valence-electron chi connectivity index (χ0n) is 19.5. The van der Waals surface area contributed by atoms with Gasteiger partial charge in [-0.25, -0.2) is 4.98 Å². The molecule has 1 atom stereocenters. The topological polar surface area (TPSA) is 96.9 Å². The molecule has 1 saturated heterocycles. The fraction of sp³-hybridized carbons (Fsp3) is 0.346. The Bertz CT molecular complexity index is 1310. The highest BCUT2D eigenvalue weighted by molar-refractivity contribution is 5.85. The molecule has 0 saturated carbocycles. The van der Waals surface area contributed by atoms with Gasteiger partial charge in [-0.1, -0.05) is 30.3 Å². The number of piperidine rings is 1. The summed E-state index contributed by atoms with van der Waals surface area (Å²) in [5.41, 5.74) is 3.28. The Hall–Kier alpha value is -3.81. The number of H-pyrrole nitrogens is 1. The molecule has 0 aliphatic carbocycles. The molecule has 5 rings (SSSR count). The van der Waals surface area contributed by atoms with Crippen LogP contribution in [0.5, 0.6) is 0 Å². The fourth-order valence-electron chi connectivity index (χ4n) is 4.84. The lowest BCUT2D eigenvalue weighted by Crippen LogP contribution is -2.50. The van der Waals surface area contributed by atoms with Crippen molar-refractivity contribution in [1.29, 1.82) is 0 Å². The van der Waals surface area contributed by atoms with Gasteiger partial charge in [0, 0.05) is 24.0 Å². The van der Waals surface area contributed by atoms with E-state index in [1.54, 1.807) is 6.20 Å². The Labute approximate surface area is 198 Å². The lowest BCUT2D eigenvalue weighted by atomic mass is 9.75. The first kappa shape index (κ1) is 22.0. The number of ether oxygens (including phenoxy) is 1. The van der Waals surface area contributed by atoms with Gasteiger partial charge in [-0.2, -0.15) is 10.2 Å². The van der Waals surface area contributed by atoms with Gasteiger partial charge in [0.2, 0.25) is 0 Å². The van der Waals surface area contributed by atoms with Crippen molar-refractivity contribution in [2.75, 3.05) is 24.6 Å².